The number of rotatable bonds is 9. The molecule has 0 heterocycles. The number of carbonyl (C=O) groups is 1. The van der Waals surface area contributed by atoms with E-state index in [0.717, 1.165) is 5.57 Å². The molecule has 0 bridgehead atoms. The van der Waals surface area contributed by atoms with Crippen LogP contribution in [0.3, 0.4) is 0 Å². The first-order chi connectivity index (χ1) is 11.0. The molecule has 23 heavy (non-hydrogen) atoms. The van der Waals surface area contributed by atoms with Crippen LogP contribution < -0.4 is 0 Å². The smallest absolute Gasteiger partial charge is 0.156 e. The minimum atomic E-state index is -0.416. The average molecular weight is 322 g/mol. The third kappa shape index (κ3) is 3.48. The maximum Gasteiger partial charge on any atom is 0.156 e. The van der Waals surface area contributed by atoms with Crippen LogP contribution in [0.2, 0.25) is 0 Å². The number of ether oxygens (including phenoxy) is 4. The van der Waals surface area contributed by atoms with Crippen LogP contribution in [0.4, 0.5) is 0 Å². The first kappa shape index (κ1) is 18.1. The van der Waals surface area contributed by atoms with E-state index in [2.05, 4.69) is 25.7 Å². The fourth-order valence-electron chi connectivity index (χ4n) is 3.66. The van der Waals surface area contributed by atoms with Crippen LogP contribution in [0.1, 0.15) is 13.3 Å². The summed E-state index contributed by atoms with van der Waals surface area (Å²) in [5.41, 5.74) is 0.285. The summed E-state index contributed by atoms with van der Waals surface area (Å²) in [5.74, 6) is 0.209. The second-order valence-corrected chi connectivity index (χ2v) is 6.41. The van der Waals surface area contributed by atoms with Gasteiger partial charge in [0.15, 0.2) is 5.78 Å². The molecule has 0 aromatic rings. The fourth-order valence-corrected chi connectivity index (χ4v) is 3.66. The van der Waals surface area contributed by atoms with E-state index in [1.807, 2.05) is 6.08 Å². The number of ketones is 1. The lowest BCUT2D eigenvalue weighted by molar-refractivity contribution is -0.116. The highest BCUT2D eigenvalue weighted by molar-refractivity contribution is 5.95. The zero-order chi connectivity index (χ0) is 16.9. The summed E-state index contributed by atoms with van der Waals surface area (Å²) >= 11 is 0. The van der Waals surface area contributed by atoms with Crippen LogP contribution in [0.25, 0.3) is 0 Å². The molecule has 0 saturated carbocycles. The van der Waals surface area contributed by atoms with Crippen LogP contribution >= 0.6 is 0 Å². The van der Waals surface area contributed by atoms with Crippen molar-refractivity contribution in [3.63, 3.8) is 0 Å². The van der Waals surface area contributed by atoms with Crippen LogP contribution in [0.15, 0.2) is 36.5 Å². The van der Waals surface area contributed by atoms with Crippen molar-refractivity contribution in [2.45, 2.75) is 13.3 Å². The van der Waals surface area contributed by atoms with E-state index in [-0.39, 0.29) is 30.7 Å². The molecule has 0 saturated heterocycles. The molecule has 2 rings (SSSR count). The molecule has 0 fully saturated rings. The molecule has 0 aromatic heterocycles. The lowest BCUT2D eigenvalue weighted by Gasteiger charge is -2.46. The molecule has 0 aliphatic heterocycles. The molecule has 5 nitrogen and oxygen atoms in total. The Labute approximate surface area is 137 Å². The molecular weight excluding hydrogens is 296 g/mol. The first-order valence-electron chi connectivity index (χ1n) is 7.73. The van der Waals surface area contributed by atoms with Crippen molar-refractivity contribution in [2.24, 2.45) is 16.7 Å². The molecule has 0 N–H and O–H groups in total. The third-order valence-electron chi connectivity index (χ3n) is 4.72. The lowest BCUT2D eigenvalue weighted by Crippen LogP contribution is -2.43. The molecular formula is C18H26O5. The number of hydrogen-bond acceptors (Lipinski definition) is 5. The van der Waals surface area contributed by atoms with Crippen molar-refractivity contribution >= 4 is 5.78 Å². The van der Waals surface area contributed by atoms with Crippen molar-refractivity contribution in [3.8, 4) is 0 Å². The van der Waals surface area contributed by atoms with E-state index in [1.165, 1.54) is 0 Å². The molecule has 0 spiro atoms. The Hall–Kier alpha value is -1.27. The van der Waals surface area contributed by atoms with Gasteiger partial charge in [0.05, 0.1) is 13.2 Å². The van der Waals surface area contributed by atoms with Gasteiger partial charge in [-0.3, -0.25) is 4.79 Å². The molecule has 0 unspecified atom stereocenters. The van der Waals surface area contributed by atoms with Gasteiger partial charge in [0.1, 0.15) is 13.6 Å². The average Bonchev–Trinajstić information content (AvgIpc) is 2.86. The van der Waals surface area contributed by atoms with E-state index < -0.39 is 5.41 Å². The molecule has 0 radical (unpaired) electrons. The zero-order valence-corrected chi connectivity index (χ0v) is 14.2. The Morgan fingerprint density at radius 1 is 1.26 bits per heavy atom. The van der Waals surface area contributed by atoms with E-state index in [9.17, 15) is 4.79 Å². The number of methoxy groups -OCH3 is 2. The van der Waals surface area contributed by atoms with Gasteiger partial charge in [-0.2, -0.15) is 0 Å². The molecule has 0 amide bonds. The maximum absolute atomic E-state index is 12.2. The summed E-state index contributed by atoms with van der Waals surface area (Å²) in [6, 6.07) is 0. The molecule has 2 aliphatic carbocycles. The van der Waals surface area contributed by atoms with Crippen molar-refractivity contribution in [2.75, 3.05) is 41.0 Å². The van der Waals surface area contributed by atoms with Gasteiger partial charge < -0.3 is 18.9 Å². The summed E-state index contributed by atoms with van der Waals surface area (Å²) in [4.78, 5) is 12.2. The Bertz CT molecular complexity index is 510. The van der Waals surface area contributed by atoms with Gasteiger partial charge >= 0.3 is 0 Å². The largest absolute Gasteiger partial charge is 0.359 e. The van der Waals surface area contributed by atoms with E-state index in [1.54, 1.807) is 20.3 Å². The van der Waals surface area contributed by atoms with Gasteiger partial charge in [0, 0.05) is 37.4 Å². The summed E-state index contributed by atoms with van der Waals surface area (Å²) in [7, 11) is 3.18. The van der Waals surface area contributed by atoms with E-state index >= 15 is 0 Å². The third-order valence-corrected chi connectivity index (χ3v) is 4.72. The van der Waals surface area contributed by atoms with Gasteiger partial charge in [0.25, 0.3) is 0 Å². The summed E-state index contributed by atoms with van der Waals surface area (Å²) < 4.78 is 21.2. The predicted octanol–water partition coefficient (Wildman–Crippen LogP) is 2.49. The second kappa shape index (κ2) is 7.53. The molecule has 3 atom stereocenters. The standard InChI is InChI=1S/C18H26O5/c1-5-14-6-7-18(11-23-13-21-4)9-15(19)8-16(18)17(14,2)10-22-12-20-3/h5-8,14H,1,9-13H2,2-4H3/t14-,17-,18+/m0/s1. The zero-order valence-electron chi connectivity index (χ0n) is 14.2. The molecule has 5 heteroatoms. The van der Waals surface area contributed by atoms with Crippen LogP contribution in [0, 0.1) is 16.7 Å². The van der Waals surface area contributed by atoms with Crippen LogP contribution in [-0.2, 0) is 23.7 Å². The topological polar surface area (TPSA) is 54.0 Å². The SMILES string of the molecule is C=C[C@H]1C=C[C@]2(COCOC)CC(=O)C=C2[C@@]1(C)COCOC. The van der Waals surface area contributed by atoms with Gasteiger partial charge in [0.2, 0.25) is 0 Å². The highest BCUT2D eigenvalue weighted by atomic mass is 16.7. The Kier molecular flexibility index (Phi) is 5.92. The second-order valence-electron chi connectivity index (χ2n) is 6.41. The highest BCUT2D eigenvalue weighted by Crippen LogP contribution is 2.55. The van der Waals surface area contributed by atoms with Crippen molar-refractivity contribution in [3.05, 3.63) is 36.5 Å². The lowest BCUT2D eigenvalue weighted by atomic mass is 9.59. The van der Waals surface area contributed by atoms with Crippen LogP contribution in [0.5, 0.6) is 0 Å². The molecule has 0 aromatic carbocycles. The van der Waals surface area contributed by atoms with Gasteiger partial charge in [-0.25, -0.2) is 0 Å². The Balaban J connectivity index is 2.32. The number of carbonyl (C=O) groups excluding carboxylic acids is 1. The summed E-state index contributed by atoms with van der Waals surface area (Å²) in [6.07, 6.45) is 8.27. The quantitative estimate of drug-likeness (QED) is 0.371. The van der Waals surface area contributed by atoms with Crippen molar-refractivity contribution in [1.29, 1.82) is 0 Å². The number of allylic oxidation sites excluding steroid dienone is 3. The van der Waals surface area contributed by atoms with E-state index in [4.69, 9.17) is 18.9 Å². The minimum absolute atomic E-state index is 0.0899. The van der Waals surface area contributed by atoms with E-state index in [0.29, 0.717) is 19.6 Å². The first-order valence-corrected chi connectivity index (χ1v) is 7.73. The van der Waals surface area contributed by atoms with Gasteiger partial charge in [-0.05, 0) is 11.6 Å². The monoisotopic (exact) mass is 322 g/mol. The number of hydrogen-bond donors (Lipinski definition) is 0. The molecule has 2 aliphatic rings. The highest BCUT2D eigenvalue weighted by Gasteiger charge is 2.52. The van der Waals surface area contributed by atoms with Crippen molar-refractivity contribution < 1.29 is 23.7 Å². The van der Waals surface area contributed by atoms with Crippen LogP contribution in [-0.4, -0.2) is 46.8 Å². The maximum atomic E-state index is 12.2. The minimum Gasteiger partial charge on any atom is -0.359 e. The number of fused-ring (bicyclic) bond motifs is 1. The van der Waals surface area contributed by atoms with Gasteiger partial charge in [-0.15, -0.1) is 6.58 Å². The fraction of sp³-hybridized carbons (Fsp3) is 0.611. The summed E-state index contributed by atoms with van der Waals surface area (Å²) in [5, 5.41) is 0. The summed E-state index contributed by atoms with van der Waals surface area (Å²) in [6.45, 7) is 7.34. The Morgan fingerprint density at radius 3 is 2.52 bits per heavy atom. The van der Waals surface area contributed by atoms with Crippen molar-refractivity contribution in [1.82, 2.24) is 0 Å². The van der Waals surface area contributed by atoms with Gasteiger partial charge in [-0.1, -0.05) is 25.2 Å². The Morgan fingerprint density at radius 2 is 1.91 bits per heavy atom. The molecule has 128 valence electrons. The normalized spacial score (nSPS) is 32.7. The predicted molar refractivity (Wildman–Crippen MR) is 86.7 cm³/mol.